The molecule has 0 fully saturated rings. The quantitative estimate of drug-likeness (QED) is 0.140. The molecule has 1 aromatic heterocycles. The van der Waals surface area contributed by atoms with E-state index >= 15 is 4.39 Å². The number of aryl methyl sites for hydroxylation is 2. The van der Waals surface area contributed by atoms with E-state index in [1.54, 1.807) is 12.1 Å². The number of halogens is 4. The van der Waals surface area contributed by atoms with Crippen LogP contribution in [-0.2, 0) is 0 Å². The Morgan fingerprint density at radius 3 is 1.69 bits per heavy atom. The fourth-order valence-electron chi connectivity index (χ4n) is 3.49. The Kier molecular flexibility index (Phi) is 5.91. The third-order valence-corrected chi connectivity index (χ3v) is 5.24. The summed E-state index contributed by atoms with van der Waals surface area (Å²) in [6.07, 6.45) is 2.72. The number of benzene rings is 3. The minimum atomic E-state index is -1.87. The highest BCUT2D eigenvalue weighted by Crippen LogP contribution is 2.36. The summed E-state index contributed by atoms with van der Waals surface area (Å²) >= 11 is 0. The molecule has 5 heteroatoms. The average Bonchev–Trinajstić information content (AvgIpc) is 2.81. The van der Waals surface area contributed by atoms with Gasteiger partial charge in [-0.3, -0.25) is 4.98 Å². The van der Waals surface area contributed by atoms with E-state index in [9.17, 15) is 13.2 Å². The first-order valence-electron chi connectivity index (χ1n) is 10.00. The van der Waals surface area contributed by atoms with Crippen LogP contribution >= 0.6 is 0 Å². The molecule has 0 aliphatic carbocycles. The minimum absolute atomic E-state index is 0.00112. The van der Waals surface area contributed by atoms with Crippen molar-refractivity contribution in [1.82, 2.24) is 4.98 Å². The first-order valence-corrected chi connectivity index (χ1v) is 10.00. The van der Waals surface area contributed by atoms with Gasteiger partial charge in [0.25, 0.3) is 0 Å². The molecule has 4 aromatic rings. The molecule has 3 aromatic carbocycles. The van der Waals surface area contributed by atoms with Crippen LogP contribution in [0.4, 0.5) is 17.6 Å². The highest BCUT2D eigenvalue weighted by atomic mass is 19.2. The summed E-state index contributed by atoms with van der Waals surface area (Å²) in [4.78, 5) is 4.03. The lowest BCUT2D eigenvalue weighted by Gasteiger charge is -2.14. The van der Waals surface area contributed by atoms with Gasteiger partial charge in [0.15, 0.2) is 23.3 Å². The van der Waals surface area contributed by atoms with Crippen molar-refractivity contribution >= 4 is 11.6 Å². The van der Waals surface area contributed by atoms with Crippen LogP contribution in [0.3, 0.4) is 0 Å². The molecule has 0 bridgehead atoms. The Morgan fingerprint density at radius 1 is 0.656 bits per heavy atom. The second kappa shape index (κ2) is 8.79. The summed E-state index contributed by atoms with van der Waals surface area (Å²) in [5.74, 6) is -6.68. The Bertz CT molecular complexity index is 1250. The van der Waals surface area contributed by atoms with E-state index in [1.165, 1.54) is 18.3 Å². The molecular weight excluding hydrogens is 414 g/mol. The van der Waals surface area contributed by atoms with Crippen LogP contribution in [0.5, 0.6) is 0 Å². The topological polar surface area (TPSA) is 12.9 Å². The smallest absolute Gasteiger partial charge is 0.198 e. The predicted octanol–water partition coefficient (Wildman–Crippen LogP) is 7.51. The highest BCUT2D eigenvalue weighted by molar-refractivity contribution is 5.94. The van der Waals surface area contributed by atoms with Crippen molar-refractivity contribution in [3.05, 3.63) is 124 Å². The average molecular weight is 433 g/mol. The zero-order chi connectivity index (χ0) is 22.8. The second-order valence-electron chi connectivity index (χ2n) is 7.55. The van der Waals surface area contributed by atoms with E-state index in [4.69, 9.17) is 0 Å². The van der Waals surface area contributed by atoms with Crippen molar-refractivity contribution in [2.75, 3.05) is 0 Å². The first-order chi connectivity index (χ1) is 15.4. The summed E-state index contributed by atoms with van der Waals surface area (Å²) in [5, 5.41) is 0. The molecule has 160 valence electrons. The largest absolute Gasteiger partial charge is 0.256 e. The standard InChI is InChI=1S/C27H19F4N/c1-16-6-10-18(11-7-16)20(19-12-8-17(2)9-13-19)15-21-23(22-5-3-4-14-32-22)25(29)27(31)26(30)24(21)28/h3-15H,1-2H3. The molecule has 32 heavy (non-hydrogen) atoms. The third-order valence-electron chi connectivity index (χ3n) is 5.24. The van der Waals surface area contributed by atoms with E-state index in [1.807, 2.05) is 62.4 Å². The van der Waals surface area contributed by atoms with Gasteiger partial charge >= 0.3 is 0 Å². The molecule has 0 saturated heterocycles. The summed E-state index contributed by atoms with van der Waals surface area (Å²) in [6, 6.07) is 19.5. The molecule has 0 spiro atoms. The van der Waals surface area contributed by atoms with Crippen LogP contribution in [0.15, 0.2) is 72.9 Å². The van der Waals surface area contributed by atoms with E-state index in [2.05, 4.69) is 4.98 Å². The van der Waals surface area contributed by atoms with Crippen molar-refractivity contribution in [2.45, 2.75) is 13.8 Å². The van der Waals surface area contributed by atoms with Gasteiger partial charge in [-0.25, -0.2) is 17.6 Å². The molecular formula is C27H19F4N. The van der Waals surface area contributed by atoms with Gasteiger partial charge in [-0.1, -0.05) is 65.7 Å². The zero-order valence-corrected chi connectivity index (χ0v) is 17.5. The molecule has 0 aliphatic heterocycles. The fourth-order valence-corrected chi connectivity index (χ4v) is 3.49. The number of pyridine rings is 1. The Hall–Kier alpha value is -3.73. The molecule has 0 saturated carbocycles. The molecule has 0 aliphatic rings. The van der Waals surface area contributed by atoms with Crippen molar-refractivity contribution in [3.8, 4) is 11.3 Å². The maximum atomic E-state index is 15.1. The predicted molar refractivity (Wildman–Crippen MR) is 119 cm³/mol. The van der Waals surface area contributed by atoms with Crippen LogP contribution in [0.2, 0.25) is 0 Å². The van der Waals surface area contributed by atoms with Gasteiger partial charge in [-0.15, -0.1) is 0 Å². The van der Waals surface area contributed by atoms with Gasteiger partial charge in [0.05, 0.1) is 5.69 Å². The summed E-state index contributed by atoms with van der Waals surface area (Å²) in [7, 11) is 0. The summed E-state index contributed by atoms with van der Waals surface area (Å²) in [5.41, 5.74) is 3.18. The monoisotopic (exact) mass is 433 g/mol. The number of nitrogens with zero attached hydrogens (tertiary/aromatic N) is 1. The van der Waals surface area contributed by atoms with Crippen molar-refractivity contribution in [1.29, 1.82) is 0 Å². The van der Waals surface area contributed by atoms with Crippen LogP contribution in [0.1, 0.15) is 27.8 Å². The number of aromatic nitrogens is 1. The number of hydrogen-bond donors (Lipinski definition) is 0. The molecule has 4 rings (SSSR count). The second-order valence-corrected chi connectivity index (χ2v) is 7.55. The van der Waals surface area contributed by atoms with Crippen LogP contribution < -0.4 is 0 Å². The van der Waals surface area contributed by atoms with Gasteiger partial charge in [-0.05, 0) is 48.8 Å². The van der Waals surface area contributed by atoms with Crippen molar-refractivity contribution in [2.24, 2.45) is 0 Å². The Labute approximate surface area is 183 Å². The number of rotatable bonds is 4. The minimum Gasteiger partial charge on any atom is -0.256 e. The van der Waals surface area contributed by atoms with Crippen molar-refractivity contribution in [3.63, 3.8) is 0 Å². The van der Waals surface area contributed by atoms with Crippen molar-refractivity contribution < 1.29 is 17.6 Å². The first kappa shape index (κ1) is 21.5. The Morgan fingerprint density at radius 2 is 1.19 bits per heavy atom. The molecule has 0 radical (unpaired) electrons. The van der Waals surface area contributed by atoms with Crippen LogP contribution in [0, 0.1) is 37.1 Å². The van der Waals surface area contributed by atoms with E-state index in [0.29, 0.717) is 5.57 Å². The molecule has 0 amide bonds. The summed E-state index contributed by atoms with van der Waals surface area (Å²) < 4.78 is 58.4. The molecule has 0 atom stereocenters. The third kappa shape index (κ3) is 4.06. The van der Waals surface area contributed by atoms with E-state index in [-0.39, 0.29) is 5.69 Å². The maximum Gasteiger partial charge on any atom is 0.198 e. The van der Waals surface area contributed by atoms with E-state index in [0.717, 1.165) is 22.3 Å². The lowest BCUT2D eigenvalue weighted by molar-refractivity contribution is 0.409. The molecule has 1 nitrogen and oxygen atoms in total. The number of hydrogen-bond acceptors (Lipinski definition) is 1. The SMILES string of the molecule is Cc1ccc(C(=Cc2c(F)c(F)c(F)c(F)c2-c2ccccn2)c2ccc(C)cc2)cc1. The highest BCUT2D eigenvalue weighted by Gasteiger charge is 2.26. The van der Waals surface area contributed by atoms with Gasteiger partial charge in [0, 0.05) is 17.3 Å². The molecule has 1 heterocycles. The summed E-state index contributed by atoms with van der Waals surface area (Å²) in [6.45, 7) is 3.87. The lowest BCUT2D eigenvalue weighted by atomic mass is 9.92. The fraction of sp³-hybridized carbons (Fsp3) is 0.0741. The van der Waals surface area contributed by atoms with E-state index < -0.39 is 34.4 Å². The van der Waals surface area contributed by atoms with Gasteiger partial charge in [0.1, 0.15) is 0 Å². The zero-order valence-electron chi connectivity index (χ0n) is 17.5. The van der Waals surface area contributed by atoms with Gasteiger partial charge in [-0.2, -0.15) is 0 Å². The van der Waals surface area contributed by atoms with Gasteiger partial charge in [0.2, 0.25) is 0 Å². The molecule has 0 unspecified atom stereocenters. The van der Waals surface area contributed by atoms with Crippen LogP contribution in [-0.4, -0.2) is 4.98 Å². The molecule has 0 N–H and O–H groups in total. The lowest BCUT2D eigenvalue weighted by Crippen LogP contribution is -2.05. The Balaban J connectivity index is 2.05. The normalized spacial score (nSPS) is 10.8. The van der Waals surface area contributed by atoms with Crippen LogP contribution in [0.25, 0.3) is 22.9 Å². The maximum absolute atomic E-state index is 15.1. The van der Waals surface area contributed by atoms with Gasteiger partial charge < -0.3 is 0 Å².